The van der Waals surface area contributed by atoms with E-state index in [0.717, 1.165) is 11.6 Å². The van der Waals surface area contributed by atoms with Crippen molar-refractivity contribution in [1.82, 2.24) is 10.3 Å². The van der Waals surface area contributed by atoms with E-state index in [1.807, 2.05) is 12.1 Å². The highest BCUT2D eigenvalue weighted by atomic mass is 32.1. The van der Waals surface area contributed by atoms with E-state index in [1.165, 1.54) is 18.2 Å². The van der Waals surface area contributed by atoms with E-state index in [2.05, 4.69) is 10.3 Å². The van der Waals surface area contributed by atoms with Crippen LogP contribution in [0.15, 0.2) is 73.1 Å². The number of rotatable bonds is 6. The van der Waals surface area contributed by atoms with Crippen molar-refractivity contribution in [3.63, 3.8) is 0 Å². The summed E-state index contributed by atoms with van der Waals surface area (Å²) in [7, 11) is 0. The van der Waals surface area contributed by atoms with Gasteiger partial charge >= 0.3 is 5.97 Å². The maximum Gasteiger partial charge on any atom is 0.338 e. The number of nitrogens with zero attached hydrogens (tertiary/aromatic N) is 2. The minimum atomic E-state index is -0.521. The van der Waals surface area contributed by atoms with Crippen molar-refractivity contribution in [3.05, 3.63) is 95.6 Å². The number of benzene rings is 2. The Morgan fingerprint density at radius 2 is 1.77 bits per heavy atom. The molecule has 0 fully saturated rings. The number of esters is 1. The summed E-state index contributed by atoms with van der Waals surface area (Å²) in [5.74, 6) is -1.45. The first-order valence-electron chi connectivity index (χ1n) is 9.52. The molecular weight excluding hydrogens is 417 g/mol. The zero-order valence-electron chi connectivity index (χ0n) is 16.7. The number of pyridine rings is 1. The van der Waals surface area contributed by atoms with Crippen LogP contribution in [0, 0.1) is 5.82 Å². The first-order valence-corrected chi connectivity index (χ1v) is 9.93. The molecule has 1 heterocycles. The van der Waals surface area contributed by atoms with Crippen molar-refractivity contribution in [2.24, 2.45) is 0 Å². The molecule has 6 nitrogen and oxygen atoms in total. The molecule has 0 aliphatic heterocycles. The lowest BCUT2D eigenvalue weighted by Crippen LogP contribution is -2.42. The summed E-state index contributed by atoms with van der Waals surface area (Å²) in [5.41, 5.74) is 2.13. The molecule has 0 aliphatic rings. The van der Waals surface area contributed by atoms with Gasteiger partial charge in [-0.25, -0.2) is 9.18 Å². The first-order chi connectivity index (χ1) is 15.0. The van der Waals surface area contributed by atoms with Gasteiger partial charge in [-0.1, -0.05) is 6.07 Å². The Balaban J connectivity index is 1.84. The third-order valence-electron chi connectivity index (χ3n) is 4.33. The zero-order chi connectivity index (χ0) is 22.2. The highest BCUT2D eigenvalue weighted by Gasteiger charge is 2.17. The molecule has 2 aromatic carbocycles. The van der Waals surface area contributed by atoms with E-state index in [-0.39, 0.29) is 17.3 Å². The van der Waals surface area contributed by atoms with Crippen molar-refractivity contribution < 1.29 is 18.7 Å². The number of thiocarbonyl (C=S) groups is 1. The van der Waals surface area contributed by atoms with Gasteiger partial charge in [0.2, 0.25) is 0 Å². The van der Waals surface area contributed by atoms with Gasteiger partial charge in [0, 0.05) is 23.6 Å². The van der Waals surface area contributed by atoms with Crippen LogP contribution in [0.1, 0.15) is 33.2 Å². The van der Waals surface area contributed by atoms with Crippen LogP contribution < -0.4 is 10.2 Å². The second kappa shape index (κ2) is 10.4. The number of amides is 1. The number of nitrogens with one attached hydrogen (secondary N) is 1. The van der Waals surface area contributed by atoms with E-state index in [9.17, 15) is 14.0 Å². The maximum absolute atomic E-state index is 13.5. The van der Waals surface area contributed by atoms with Crippen molar-refractivity contribution in [2.45, 2.75) is 13.5 Å². The second-order valence-corrected chi connectivity index (χ2v) is 6.87. The Kier molecular flexibility index (Phi) is 7.40. The van der Waals surface area contributed by atoms with Crippen molar-refractivity contribution in [2.75, 3.05) is 11.5 Å². The van der Waals surface area contributed by atoms with E-state index < -0.39 is 17.7 Å². The molecule has 0 atom stereocenters. The van der Waals surface area contributed by atoms with Crippen LogP contribution in [0.4, 0.5) is 10.1 Å². The molecule has 3 rings (SSSR count). The first kappa shape index (κ1) is 22.0. The Labute approximate surface area is 184 Å². The predicted molar refractivity (Wildman–Crippen MR) is 119 cm³/mol. The Morgan fingerprint density at radius 3 is 2.42 bits per heavy atom. The average Bonchev–Trinajstić information content (AvgIpc) is 2.78. The maximum atomic E-state index is 13.5. The summed E-state index contributed by atoms with van der Waals surface area (Å²) in [6, 6.07) is 15.7. The second-order valence-electron chi connectivity index (χ2n) is 6.48. The molecule has 1 amide bonds. The molecule has 158 valence electrons. The molecule has 0 bridgehead atoms. The molecule has 3 aromatic rings. The quantitative estimate of drug-likeness (QED) is 0.462. The minimum absolute atomic E-state index is 0.134. The number of carbonyl (C=O) groups excluding carboxylic acids is 2. The number of hydrogen-bond donors (Lipinski definition) is 1. The molecule has 31 heavy (non-hydrogen) atoms. The molecule has 0 saturated heterocycles. The van der Waals surface area contributed by atoms with Crippen molar-refractivity contribution >= 4 is 34.9 Å². The molecule has 0 radical (unpaired) electrons. The van der Waals surface area contributed by atoms with Gasteiger partial charge in [-0.2, -0.15) is 0 Å². The summed E-state index contributed by atoms with van der Waals surface area (Å²) in [6.45, 7) is 2.37. The molecular formula is C23H20FN3O3S. The third-order valence-corrected chi connectivity index (χ3v) is 4.66. The molecule has 1 N–H and O–H groups in total. The molecule has 0 unspecified atom stereocenters. The normalized spacial score (nSPS) is 10.3. The van der Waals surface area contributed by atoms with Crippen LogP contribution >= 0.6 is 12.2 Å². The van der Waals surface area contributed by atoms with Gasteiger partial charge in [0.1, 0.15) is 5.82 Å². The van der Waals surface area contributed by atoms with Crippen LogP contribution in [0.5, 0.6) is 0 Å². The lowest BCUT2D eigenvalue weighted by Gasteiger charge is -2.26. The van der Waals surface area contributed by atoms with E-state index >= 15 is 0 Å². The lowest BCUT2D eigenvalue weighted by molar-refractivity contribution is 0.0526. The van der Waals surface area contributed by atoms with Gasteiger partial charge < -0.3 is 9.64 Å². The fourth-order valence-electron chi connectivity index (χ4n) is 2.81. The highest BCUT2D eigenvalue weighted by molar-refractivity contribution is 7.80. The summed E-state index contributed by atoms with van der Waals surface area (Å²) < 4.78 is 18.5. The van der Waals surface area contributed by atoms with Gasteiger partial charge in [0.05, 0.1) is 18.7 Å². The van der Waals surface area contributed by atoms with Gasteiger partial charge in [-0.3, -0.25) is 15.1 Å². The summed E-state index contributed by atoms with van der Waals surface area (Å²) >= 11 is 5.48. The standard InChI is InChI=1S/C23H20FN3O3S/c1-2-30-22(29)17-6-8-20(9-7-17)27(15-16-10-12-25-13-11-16)23(31)26-21(28)18-4-3-5-19(24)14-18/h3-14H,2,15H2,1H3,(H,26,28,31). The SMILES string of the molecule is CCOC(=O)c1ccc(N(Cc2ccncc2)C(=S)NC(=O)c2cccc(F)c2)cc1. The van der Waals surface area contributed by atoms with Gasteiger partial charge in [0.25, 0.3) is 5.91 Å². The molecule has 8 heteroatoms. The van der Waals surface area contributed by atoms with E-state index in [0.29, 0.717) is 17.8 Å². The number of carbonyl (C=O) groups is 2. The van der Waals surface area contributed by atoms with E-state index in [1.54, 1.807) is 48.5 Å². The number of ether oxygens (including phenoxy) is 1. The van der Waals surface area contributed by atoms with Crippen LogP contribution in [0.3, 0.4) is 0 Å². The summed E-state index contributed by atoms with van der Waals surface area (Å²) in [4.78, 5) is 30.2. The number of hydrogen-bond acceptors (Lipinski definition) is 5. The Bertz CT molecular complexity index is 1070. The third kappa shape index (κ3) is 5.93. The minimum Gasteiger partial charge on any atom is -0.462 e. The molecule has 0 spiro atoms. The van der Waals surface area contributed by atoms with Crippen LogP contribution in [0.25, 0.3) is 0 Å². The largest absolute Gasteiger partial charge is 0.462 e. The zero-order valence-corrected chi connectivity index (χ0v) is 17.6. The van der Waals surface area contributed by atoms with Gasteiger partial charge in [-0.05, 0) is 79.3 Å². The van der Waals surface area contributed by atoms with Gasteiger partial charge in [0.15, 0.2) is 5.11 Å². The van der Waals surface area contributed by atoms with Crippen molar-refractivity contribution in [3.8, 4) is 0 Å². The fourth-order valence-corrected chi connectivity index (χ4v) is 3.07. The predicted octanol–water partition coefficient (Wildman–Crippen LogP) is 4.12. The fraction of sp³-hybridized carbons (Fsp3) is 0.130. The number of anilines is 1. The Morgan fingerprint density at radius 1 is 1.06 bits per heavy atom. The molecule has 1 aromatic heterocycles. The smallest absolute Gasteiger partial charge is 0.338 e. The molecule has 0 saturated carbocycles. The number of aromatic nitrogens is 1. The van der Waals surface area contributed by atoms with E-state index in [4.69, 9.17) is 17.0 Å². The van der Waals surface area contributed by atoms with Crippen molar-refractivity contribution in [1.29, 1.82) is 0 Å². The summed E-state index contributed by atoms with van der Waals surface area (Å²) in [6.07, 6.45) is 3.32. The van der Waals surface area contributed by atoms with Crippen LogP contribution in [0.2, 0.25) is 0 Å². The van der Waals surface area contributed by atoms with Gasteiger partial charge in [-0.15, -0.1) is 0 Å². The molecule has 0 aliphatic carbocycles. The summed E-state index contributed by atoms with van der Waals surface area (Å²) in [5, 5.41) is 2.78. The van der Waals surface area contributed by atoms with Crippen LogP contribution in [-0.2, 0) is 11.3 Å². The van der Waals surface area contributed by atoms with Crippen LogP contribution in [-0.4, -0.2) is 28.6 Å². The lowest BCUT2D eigenvalue weighted by atomic mass is 10.1. The highest BCUT2D eigenvalue weighted by Crippen LogP contribution is 2.19. The average molecular weight is 437 g/mol. The number of halogens is 1. The Hall–Kier alpha value is -3.65. The monoisotopic (exact) mass is 437 g/mol. The topological polar surface area (TPSA) is 71.5 Å².